The van der Waals surface area contributed by atoms with Gasteiger partial charge in [0.1, 0.15) is 18.3 Å². The van der Waals surface area contributed by atoms with E-state index >= 15 is 0 Å². The number of amides is 1. The number of hydrogen-bond acceptors (Lipinski definition) is 5. The molecule has 1 aliphatic rings. The summed E-state index contributed by atoms with van der Waals surface area (Å²) in [5, 5.41) is 3.55. The fourth-order valence-electron chi connectivity index (χ4n) is 2.35. The van der Waals surface area contributed by atoms with E-state index in [-0.39, 0.29) is 25.1 Å². The second-order valence-electron chi connectivity index (χ2n) is 5.38. The molecule has 1 N–H and O–H groups in total. The number of halogens is 3. The maximum absolute atomic E-state index is 12.4. The van der Waals surface area contributed by atoms with Gasteiger partial charge in [0.05, 0.1) is 5.69 Å². The van der Waals surface area contributed by atoms with Crippen molar-refractivity contribution < 1.29 is 30.9 Å². The molecule has 1 aromatic heterocycles. The summed E-state index contributed by atoms with van der Waals surface area (Å²) >= 11 is 0. The number of nitrogens with one attached hydrogen (secondary N) is 1. The lowest BCUT2D eigenvalue weighted by molar-refractivity contribution is -0.164. The van der Waals surface area contributed by atoms with E-state index in [9.17, 15) is 26.4 Å². The van der Waals surface area contributed by atoms with Gasteiger partial charge in [-0.05, 0) is 19.8 Å². The maximum Gasteiger partial charge on any atom is 0.406 e. The third-order valence-corrected chi connectivity index (χ3v) is 4.54. The molecule has 1 unspecified atom stereocenters. The summed E-state index contributed by atoms with van der Waals surface area (Å²) in [6.07, 6.45) is -4.08. The molecule has 1 aliphatic heterocycles. The molecule has 1 amide bonds. The van der Waals surface area contributed by atoms with Crippen molar-refractivity contribution in [2.24, 2.45) is 0 Å². The first-order valence-corrected chi connectivity index (χ1v) is 8.49. The van der Waals surface area contributed by atoms with E-state index in [2.05, 4.69) is 9.88 Å². The summed E-state index contributed by atoms with van der Waals surface area (Å²) in [6.45, 7) is 0.190. The van der Waals surface area contributed by atoms with Gasteiger partial charge < -0.3 is 9.42 Å². The van der Waals surface area contributed by atoms with Gasteiger partial charge in [-0.25, -0.2) is 13.1 Å². The number of likely N-dealkylation sites (tertiary alicyclic amines) is 1. The van der Waals surface area contributed by atoms with Gasteiger partial charge in [0.2, 0.25) is 15.9 Å². The van der Waals surface area contributed by atoms with Gasteiger partial charge >= 0.3 is 6.18 Å². The molecule has 0 aliphatic carbocycles. The predicted molar refractivity (Wildman–Crippen MR) is 72.7 cm³/mol. The van der Waals surface area contributed by atoms with Crippen molar-refractivity contribution in [2.75, 3.05) is 13.1 Å². The number of carbonyl (C=O) groups excluding carboxylic acids is 1. The van der Waals surface area contributed by atoms with E-state index < -0.39 is 40.4 Å². The lowest BCUT2D eigenvalue weighted by Gasteiger charge is -2.32. The Bertz CT molecular complexity index is 671. The van der Waals surface area contributed by atoms with Gasteiger partial charge in [-0.2, -0.15) is 13.2 Å². The minimum absolute atomic E-state index is 0.0438. The Balaban J connectivity index is 2.01. The fourth-order valence-corrected chi connectivity index (χ4v) is 3.60. The van der Waals surface area contributed by atoms with Crippen LogP contribution in [0.25, 0.3) is 0 Å². The zero-order valence-corrected chi connectivity index (χ0v) is 13.1. The highest BCUT2D eigenvalue weighted by molar-refractivity contribution is 7.88. The third-order valence-electron chi connectivity index (χ3n) is 3.23. The highest BCUT2D eigenvalue weighted by Gasteiger charge is 2.38. The van der Waals surface area contributed by atoms with Crippen LogP contribution in [0.5, 0.6) is 0 Å². The van der Waals surface area contributed by atoms with Gasteiger partial charge in [-0.1, -0.05) is 5.16 Å². The van der Waals surface area contributed by atoms with Crippen molar-refractivity contribution in [3.63, 3.8) is 0 Å². The van der Waals surface area contributed by atoms with E-state index in [0.717, 1.165) is 0 Å². The molecule has 0 aromatic carbocycles. The van der Waals surface area contributed by atoms with E-state index in [0.29, 0.717) is 10.6 Å². The molecule has 130 valence electrons. The highest BCUT2D eigenvalue weighted by atomic mass is 32.2. The summed E-state index contributed by atoms with van der Waals surface area (Å²) in [5.41, 5.74) is 0.500. The Morgan fingerprint density at radius 2 is 2.17 bits per heavy atom. The van der Waals surface area contributed by atoms with Crippen LogP contribution in [0.15, 0.2) is 10.6 Å². The maximum atomic E-state index is 12.4. The van der Waals surface area contributed by atoms with Gasteiger partial charge in [0.25, 0.3) is 0 Å². The summed E-state index contributed by atoms with van der Waals surface area (Å²) < 4.78 is 68.2. The second-order valence-corrected chi connectivity index (χ2v) is 7.14. The van der Waals surface area contributed by atoms with Gasteiger partial charge in [-0.3, -0.25) is 4.79 Å². The second kappa shape index (κ2) is 6.48. The minimum Gasteiger partial charge on any atom is -0.360 e. The van der Waals surface area contributed by atoms with Crippen molar-refractivity contribution in [3.8, 4) is 0 Å². The van der Waals surface area contributed by atoms with Crippen molar-refractivity contribution in [1.82, 2.24) is 14.8 Å². The van der Waals surface area contributed by atoms with Crippen molar-refractivity contribution in [2.45, 2.75) is 37.7 Å². The number of alkyl halides is 3. The first-order chi connectivity index (χ1) is 10.6. The first kappa shape index (κ1) is 17.7. The van der Waals surface area contributed by atoms with Crippen LogP contribution < -0.4 is 4.72 Å². The molecule has 1 atom stereocenters. The monoisotopic (exact) mass is 355 g/mol. The first-order valence-electron chi connectivity index (χ1n) is 6.83. The summed E-state index contributed by atoms with van der Waals surface area (Å²) in [4.78, 5) is 12.6. The molecule has 1 fully saturated rings. The molecule has 1 saturated heterocycles. The molecule has 2 rings (SSSR count). The van der Waals surface area contributed by atoms with Gasteiger partial charge in [-0.15, -0.1) is 0 Å². The van der Waals surface area contributed by atoms with Crippen LogP contribution >= 0.6 is 0 Å². The number of nitrogens with zero attached hydrogens (tertiary/aromatic N) is 2. The average molecular weight is 355 g/mol. The van der Waals surface area contributed by atoms with E-state index in [1.54, 1.807) is 6.92 Å². The number of carbonyl (C=O) groups is 1. The minimum atomic E-state index is -4.52. The van der Waals surface area contributed by atoms with Crippen molar-refractivity contribution in [1.29, 1.82) is 0 Å². The largest absolute Gasteiger partial charge is 0.406 e. The zero-order chi connectivity index (χ0) is 17.3. The number of aryl methyl sites for hydroxylation is 1. The highest BCUT2D eigenvalue weighted by Crippen LogP contribution is 2.21. The lowest BCUT2D eigenvalue weighted by atomic mass is 10.1. The molecule has 2 heterocycles. The molecule has 0 saturated carbocycles. The Morgan fingerprint density at radius 3 is 2.74 bits per heavy atom. The molecule has 0 bridgehead atoms. The SMILES string of the molecule is Cc1cc(CS(=O)(=O)NC2CCCN(CC(F)(F)F)C2=O)on1. The molecule has 0 radical (unpaired) electrons. The molecular weight excluding hydrogens is 339 g/mol. The predicted octanol–water partition coefficient (Wildman–Crippen LogP) is 0.956. The average Bonchev–Trinajstić information content (AvgIpc) is 2.77. The van der Waals surface area contributed by atoms with Crippen LogP contribution in [0.4, 0.5) is 13.2 Å². The Kier molecular flexibility index (Phi) is 4.99. The van der Waals surface area contributed by atoms with Crippen LogP contribution in [0.3, 0.4) is 0 Å². The molecule has 1 aromatic rings. The fraction of sp³-hybridized carbons (Fsp3) is 0.667. The van der Waals surface area contributed by atoms with E-state index in [1.165, 1.54) is 6.07 Å². The summed E-state index contributed by atoms with van der Waals surface area (Å²) in [5.74, 6) is -1.31. The Morgan fingerprint density at radius 1 is 1.48 bits per heavy atom. The van der Waals surface area contributed by atoms with Crippen LogP contribution in [-0.4, -0.2) is 49.7 Å². The van der Waals surface area contributed by atoms with Crippen LogP contribution in [0.2, 0.25) is 0 Å². The quantitative estimate of drug-likeness (QED) is 0.849. The summed E-state index contributed by atoms with van der Waals surface area (Å²) in [6, 6.07) is 0.234. The molecule has 11 heteroatoms. The molecule has 7 nitrogen and oxygen atoms in total. The number of rotatable bonds is 5. The van der Waals surface area contributed by atoms with E-state index in [1.807, 2.05) is 0 Å². The van der Waals surface area contributed by atoms with Crippen molar-refractivity contribution >= 4 is 15.9 Å². The van der Waals surface area contributed by atoms with Crippen molar-refractivity contribution in [3.05, 3.63) is 17.5 Å². The topological polar surface area (TPSA) is 92.5 Å². The van der Waals surface area contributed by atoms with Crippen LogP contribution in [0.1, 0.15) is 24.3 Å². The smallest absolute Gasteiger partial charge is 0.360 e. The van der Waals surface area contributed by atoms with Gasteiger partial charge in [0, 0.05) is 12.6 Å². The summed E-state index contributed by atoms with van der Waals surface area (Å²) in [7, 11) is -3.93. The Labute approximate surface area is 130 Å². The normalized spacial score (nSPS) is 20.1. The molecule has 0 spiro atoms. The standard InChI is InChI=1S/C12H16F3N3O4S/c1-8-5-9(22-16-8)6-23(20,21)17-10-3-2-4-18(11(10)19)7-12(13,14)15/h5,10,17H,2-4,6-7H2,1H3. The number of hydrogen-bond donors (Lipinski definition) is 1. The van der Waals surface area contributed by atoms with E-state index in [4.69, 9.17) is 4.52 Å². The van der Waals surface area contributed by atoms with Crippen LogP contribution in [-0.2, 0) is 20.6 Å². The number of piperidine rings is 1. The van der Waals surface area contributed by atoms with Crippen LogP contribution in [0, 0.1) is 6.92 Å². The van der Waals surface area contributed by atoms with Gasteiger partial charge in [0.15, 0.2) is 5.76 Å². The molecular formula is C12H16F3N3O4S. The zero-order valence-electron chi connectivity index (χ0n) is 12.3. The third kappa shape index (κ3) is 5.20. The lowest BCUT2D eigenvalue weighted by Crippen LogP contribution is -2.54. The Hall–Kier alpha value is -1.62. The number of sulfonamides is 1. The molecule has 23 heavy (non-hydrogen) atoms. The number of aromatic nitrogens is 1.